The molecule has 1 rings (SSSR count). The molecular formula is C16H29N3. The Morgan fingerprint density at radius 2 is 2.00 bits per heavy atom. The molecule has 19 heavy (non-hydrogen) atoms. The Morgan fingerprint density at radius 3 is 2.58 bits per heavy atom. The van der Waals surface area contributed by atoms with E-state index in [0.717, 1.165) is 25.3 Å². The first-order chi connectivity index (χ1) is 9.04. The molecule has 0 atom stereocenters. The van der Waals surface area contributed by atoms with Crippen LogP contribution in [-0.4, -0.2) is 24.1 Å². The largest absolute Gasteiger partial charge is 0.369 e. The molecule has 1 heterocycles. The van der Waals surface area contributed by atoms with Crippen molar-refractivity contribution in [3.63, 3.8) is 0 Å². The van der Waals surface area contributed by atoms with Crippen molar-refractivity contribution in [3.05, 3.63) is 24.0 Å². The molecule has 0 bridgehead atoms. The van der Waals surface area contributed by atoms with Gasteiger partial charge in [0.25, 0.3) is 0 Å². The zero-order valence-corrected chi connectivity index (χ0v) is 13.1. The Balaban J connectivity index is 2.69. The lowest BCUT2D eigenvalue weighted by molar-refractivity contribution is 0.548. The predicted octanol–water partition coefficient (Wildman–Crippen LogP) is 3.45. The van der Waals surface area contributed by atoms with Crippen LogP contribution >= 0.6 is 0 Å². The Kier molecular flexibility index (Phi) is 6.85. The fraction of sp³-hybridized carbons (Fsp3) is 0.688. The van der Waals surface area contributed by atoms with E-state index >= 15 is 0 Å². The average Bonchev–Trinajstić information content (AvgIpc) is 2.35. The van der Waals surface area contributed by atoms with Gasteiger partial charge in [-0.1, -0.05) is 20.8 Å². The lowest BCUT2D eigenvalue weighted by atomic mass is 10.2. The van der Waals surface area contributed by atoms with Crippen molar-refractivity contribution < 1.29 is 0 Å². The van der Waals surface area contributed by atoms with E-state index in [-0.39, 0.29) is 0 Å². The molecule has 108 valence electrons. The highest BCUT2D eigenvalue weighted by Crippen LogP contribution is 2.17. The molecule has 0 unspecified atom stereocenters. The van der Waals surface area contributed by atoms with Gasteiger partial charge in [-0.25, -0.2) is 0 Å². The summed E-state index contributed by atoms with van der Waals surface area (Å²) in [5.74, 6) is 0.676. The molecule has 1 N–H and O–H groups in total. The van der Waals surface area contributed by atoms with Gasteiger partial charge in [0.2, 0.25) is 0 Å². The number of nitrogens with one attached hydrogen (secondary N) is 1. The van der Waals surface area contributed by atoms with Crippen LogP contribution in [0.3, 0.4) is 0 Å². The van der Waals surface area contributed by atoms with E-state index in [1.54, 1.807) is 0 Å². The van der Waals surface area contributed by atoms with Gasteiger partial charge in [0.1, 0.15) is 0 Å². The van der Waals surface area contributed by atoms with Crippen LogP contribution < -0.4 is 10.2 Å². The van der Waals surface area contributed by atoms with Crippen molar-refractivity contribution in [1.29, 1.82) is 0 Å². The van der Waals surface area contributed by atoms with Crippen LogP contribution in [0.15, 0.2) is 18.3 Å². The zero-order chi connectivity index (χ0) is 14.3. The minimum Gasteiger partial charge on any atom is -0.369 e. The fourth-order valence-corrected chi connectivity index (χ4v) is 2.16. The van der Waals surface area contributed by atoms with Gasteiger partial charge in [-0.2, -0.15) is 0 Å². The van der Waals surface area contributed by atoms with Gasteiger partial charge in [-0.05, 0) is 44.9 Å². The number of nitrogens with zero attached hydrogens (tertiary/aromatic N) is 2. The minimum absolute atomic E-state index is 0.527. The van der Waals surface area contributed by atoms with Crippen LogP contribution in [0, 0.1) is 5.92 Å². The number of hydrogen-bond acceptors (Lipinski definition) is 3. The summed E-state index contributed by atoms with van der Waals surface area (Å²) in [7, 11) is 0. The van der Waals surface area contributed by atoms with Crippen LogP contribution in [-0.2, 0) is 6.54 Å². The summed E-state index contributed by atoms with van der Waals surface area (Å²) < 4.78 is 0. The maximum absolute atomic E-state index is 4.45. The molecular weight excluding hydrogens is 234 g/mol. The molecule has 0 aromatic carbocycles. The van der Waals surface area contributed by atoms with E-state index in [2.05, 4.69) is 62.0 Å². The molecule has 0 fully saturated rings. The van der Waals surface area contributed by atoms with E-state index in [9.17, 15) is 0 Å². The Hall–Kier alpha value is -1.09. The molecule has 1 aromatic rings. The van der Waals surface area contributed by atoms with Crippen molar-refractivity contribution >= 4 is 5.69 Å². The summed E-state index contributed by atoms with van der Waals surface area (Å²) in [5.41, 5.74) is 2.41. The normalized spacial score (nSPS) is 11.3. The van der Waals surface area contributed by atoms with Gasteiger partial charge in [0.05, 0.1) is 5.69 Å². The van der Waals surface area contributed by atoms with E-state index in [4.69, 9.17) is 0 Å². The summed E-state index contributed by atoms with van der Waals surface area (Å²) in [4.78, 5) is 6.89. The monoisotopic (exact) mass is 263 g/mol. The van der Waals surface area contributed by atoms with Crippen molar-refractivity contribution in [2.75, 3.05) is 18.0 Å². The molecule has 0 aliphatic rings. The topological polar surface area (TPSA) is 28.2 Å². The quantitative estimate of drug-likeness (QED) is 0.778. The molecule has 0 spiro atoms. The Morgan fingerprint density at radius 1 is 1.26 bits per heavy atom. The average molecular weight is 263 g/mol. The van der Waals surface area contributed by atoms with Gasteiger partial charge >= 0.3 is 0 Å². The molecule has 1 aromatic heterocycles. The Labute approximate surface area is 118 Å². The maximum Gasteiger partial charge on any atom is 0.0562 e. The predicted molar refractivity (Wildman–Crippen MR) is 83.6 cm³/mol. The van der Waals surface area contributed by atoms with E-state index in [1.807, 2.05) is 6.20 Å². The van der Waals surface area contributed by atoms with Crippen molar-refractivity contribution in [3.8, 4) is 0 Å². The summed E-state index contributed by atoms with van der Waals surface area (Å²) >= 11 is 0. The molecule has 0 saturated heterocycles. The van der Waals surface area contributed by atoms with E-state index < -0.39 is 0 Å². The molecule has 3 heteroatoms. The highest BCUT2D eigenvalue weighted by Gasteiger charge is 2.10. The summed E-state index contributed by atoms with van der Waals surface area (Å²) in [6, 6.07) is 4.85. The first kappa shape index (κ1) is 16.0. The summed E-state index contributed by atoms with van der Waals surface area (Å²) in [5, 5.41) is 3.45. The second-order valence-electron chi connectivity index (χ2n) is 5.82. The van der Waals surface area contributed by atoms with Gasteiger partial charge in [-0.3, -0.25) is 4.98 Å². The van der Waals surface area contributed by atoms with Crippen molar-refractivity contribution in [2.24, 2.45) is 5.92 Å². The second kappa shape index (κ2) is 8.16. The molecule has 0 amide bonds. The van der Waals surface area contributed by atoms with Crippen LogP contribution in [0.2, 0.25) is 0 Å². The number of rotatable bonds is 8. The fourth-order valence-electron chi connectivity index (χ4n) is 2.16. The lowest BCUT2D eigenvalue weighted by Crippen LogP contribution is -2.31. The highest BCUT2D eigenvalue weighted by atomic mass is 15.1. The van der Waals surface area contributed by atoms with Gasteiger partial charge < -0.3 is 10.2 Å². The first-order valence-electron chi connectivity index (χ1n) is 7.46. The smallest absolute Gasteiger partial charge is 0.0562 e. The second-order valence-corrected chi connectivity index (χ2v) is 5.82. The molecule has 3 nitrogen and oxygen atoms in total. The number of hydrogen-bond donors (Lipinski definition) is 1. The van der Waals surface area contributed by atoms with Crippen molar-refractivity contribution in [1.82, 2.24) is 10.3 Å². The number of anilines is 1. The Bertz CT molecular complexity index is 361. The standard InChI is InChI=1S/C16H29N3/c1-6-9-19(14(4)5)16-7-8-18-15(10-16)12-17-11-13(2)3/h7-8,10,13-14,17H,6,9,11-12H2,1-5H3. The molecule has 0 aliphatic carbocycles. The number of aromatic nitrogens is 1. The highest BCUT2D eigenvalue weighted by molar-refractivity contribution is 5.47. The van der Waals surface area contributed by atoms with Gasteiger partial charge in [-0.15, -0.1) is 0 Å². The van der Waals surface area contributed by atoms with Crippen LogP contribution in [0.25, 0.3) is 0 Å². The van der Waals surface area contributed by atoms with Gasteiger partial charge in [0, 0.05) is 31.0 Å². The third kappa shape index (κ3) is 5.60. The van der Waals surface area contributed by atoms with Crippen LogP contribution in [0.5, 0.6) is 0 Å². The van der Waals surface area contributed by atoms with Crippen molar-refractivity contribution in [2.45, 2.75) is 53.6 Å². The van der Waals surface area contributed by atoms with E-state index in [1.165, 1.54) is 12.1 Å². The van der Waals surface area contributed by atoms with Crippen LogP contribution in [0.1, 0.15) is 46.7 Å². The van der Waals surface area contributed by atoms with Crippen LogP contribution in [0.4, 0.5) is 5.69 Å². The zero-order valence-electron chi connectivity index (χ0n) is 13.1. The maximum atomic E-state index is 4.45. The molecule has 0 aliphatic heterocycles. The molecule has 0 radical (unpaired) electrons. The number of pyridine rings is 1. The molecule has 0 saturated carbocycles. The van der Waals surface area contributed by atoms with Gasteiger partial charge in [0.15, 0.2) is 0 Å². The third-order valence-corrected chi connectivity index (χ3v) is 3.08. The summed E-state index contributed by atoms with van der Waals surface area (Å²) in [6.07, 6.45) is 3.09. The third-order valence-electron chi connectivity index (χ3n) is 3.08. The SMILES string of the molecule is CCCN(c1ccnc(CNCC(C)C)c1)C(C)C. The van der Waals surface area contributed by atoms with E-state index in [0.29, 0.717) is 12.0 Å². The minimum atomic E-state index is 0.527. The lowest BCUT2D eigenvalue weighted by Gasteiger charge is -2.28. The first-order valence-corrected chi connectivity index (χ1v) is 7.46. The summed E-state index contributed by atoms with van der Waals surface area (Å²) in [6.45, 7) is 14.1.